The summed E-state index contributed by atoms with van der Waals surface area (Å²) in [5.41, 5.74) is -1.43. The topological polar surface area (TPSA) is 66.4 Å². The zero-order valence-corrected chi connectivity index (χ0v) is 13.1. The Labute approximate surface area is 122 Å². The third-order valence-corrected chi connectivity index (χ3v) is 4.00. The second-order valence-corrected chi connectivity index (χ2v) is 6.98. The zero-order valence-electron chi connectivity index (χ0n) is 13.1. The van der Waals surface area contributed by atoms with Crippen LogP contribution in [0.5, 0.6) is 0 Å². The maximum Gasteiger partial charge on any atom is 0.225 e. The number of aliphatic hydroxyl groups is 1. The van der Waals surface area contributed by atoms with Gasteiger partial charge in [0.15, 0.2) is 5.78 Å². The van der Waals surface area contributed by atoms with Gasteiger partial charge in [-0.25, -0.2) is 0 Å². The number of rotatable bonds is 6. The molecule has 0 saturated heterocycles. The molecule has 0 bridgehead atoms. The first-order valence-electron chi connectivity index (χ1n) is 7.80. The first-order chi connectivity index (χ1) is 9.26. The molecule has 1 aliphatic rings. The highest BCUT2D eigenvalue weighted by Crippen LogP contribution is 2.30. The molecule has 1 aliphatic carbocycles. The Morgan fingerprint density at radius 1 is 1.10 bits per heavy atom. The summed E-state index contributed by atoms with van der Waals surface area (Å²) in [5, 5.41) is 13.1. The molecule has 4 nitrogen and oxygen atoms in total. The van der Waals surface area contributed by atoms with Gasteiger partial charge in [0, 0.05) is 18.4 Å². The van der Waals surface area contributed by atoms with Crippen molar-refractivity contribution in [3.63, 3.8) is 0 Å². The summed E-state index contributed by atoms with van der Waals surface area (Å²) in [6.45, 7) is 6.24. The fourth-order valence-corrected chi connectivity index (χ4v) is 2.53. The molecule has 1 saturated carbocycles. The fourth-order valence-electron chi connectivity index (χ4n) is 2.53. The maximum absolute atomic E-state index is 12.0. The fraction of sp³-hybridized carbons (Fsp3) is 0.875. The summed E-state index contributed by atoms with van der Waals surface area (Å²) in [4.78, 5) is 23.7. The summed E-state index contributed by atoms with van der Waals surface area (Å²) < 4.78 is 0. The number of unbranched alkanes of at least 4 members (excludes halogenated alkanes) is 1. The minimum atomic E-state index is -1.06. The molecule has 1 fully saturated rings. The Morgan fingerprint density at radius 3 is 2.25 bits per heavy atom. The lowest BCUT2D eigenvalue weighted by Gasteiger charge is -2.30. The molecule has 0 aromatic rings. The Morgan fingerprint density at radius 2 is 1.70 bits per heavy atom. The van der Waals surface area contributed by atoms with Crippen molar-refractivity contribution in [2.24, 2.45) is 5.41 Å². The SMILES string of the molecule is CC(C)(C)C(=O)NCCCCC(=O)C1(O)CCCCC1. The Hall–Kier alpha value is -0.900. The number of Topliss-reactive ketones (excluding diaryl/α,β-unsaturated/α-hetero) is 1. The Balaban J connectivity index is 2.18. The van der Waals surface area contributed by atoms with Crippen molar-refractivity contribution in [3.05, 3.63) is 0 Å². The minimum absolute atomic E-state index is 0.0145. The van der Waals surface area contributed by atoms with E-state index < -0.39 is 5.60 Å². The van der Waals surface area contributed by atoms with E-state index in [9.17, 15) is 14.7 Å². The Kier molecular flexibility index (Phi) is 6.18. The van der Waals surface area contributed by atoms with Gasteiger partial charge in [0.2, 0.25) is 5.91 Å². The average Bonchev–Trinajstić information content (AvgIpc) is 2.37. The molecule has 0 unspecified atom stereocenters. The highest BCUT2D eigenvalue weighted by molar-refractivity contribution is 5.87. The van der Waals surface area contributed by atoms with Crippen molar-refractivity contribution in [1.29, 1.82) is 0 Å². The smallest absolute Gasteiger partial charge is 0.225 e. The molecular weight excluding hydrogens is 254 g/mol. The van der Waals surface area contributed by atoms with E-state index in [0.717, 1.165) is 32.1 Å². The van der Waals surface area contributed by atoms with E-state index in [1.54, 1.807) is 0 Å². The lowest BCUT2D eigenvalue weighted by atomic mass is 9.80. The van der Waals surface area contributed by atoms with Crippen molar-refractivity contribution in [1.82, 2.24) is 5.32 Å². The summed E-state index contributed by atoms with van der Waals surface area (Å²) in [5.74, 6) is 0.0223. The van der Waals surface area contributed by atoms with Crippen LogP contribution in [0.15, 0.2) is 0 Å². The van der Waals surface area contributed by atoms with Crippen LogP contribution in [0, 0.1) is 5.41 Å². The molecule has 1 amide bonds. The van der Waals surface area contributed by atoms with E-state index in [2.05, 4.69) is 5.32 Å². The molecular formula is C16H29NO3. The number of hydrogen-bond donors (Lipinski definition) is 2. The molecule has 0 aromatic carbocycles. The lowest BCUT2D eigenvalue weighted by molar-refractivity contribution is -0.140. The number of hydrogen-bond acceptors (Lipinski definition) is 3. The number of carbonyl (C=O) groups is 2. The Bertz CT molecular complexity index is 338. The van der Waals surface area contributed by atoms with Crippen molar-refractivity contribution in [2.75, 3.05) is 6.54 Å². The van der Waals surface area contributed by atoms with Crippen LogP contribution in [0.1, 0.15) is 72.1 Å². The molecule has 116 valence electrons. The minimum Gasteiger partial charge on any atom is -0.382 e. The van der Waals surface area contributed by atoms with E-state index in [1.165, 1.54) is 0 Å². The summed E-state index contributed by atoms with van der Waals surface area (Å²) in [6.07, 6.45) is 6.18. The molecule has 0 spiro atoms. The highest BCUT2D eigenvalue weighted by atomic mass is 16.3. The van der Waals surface area contributed by atoms with Crippen LogP contribution in [-0.2, 0) is 9.59 Å². The summed E-state index contributed by atoms with van der Waals surface area (Å²) >= 11 is 0. The molecule has 0 aliphatic heterocycles. The lowest BCUT2D eigenvalue weighted by Crippen LogP contribution is -2.40. The highest BCUT2D eigenvalue weighted by Gasteiger charge is 2.35. The van der Waals surface area contributed by atoms with Gasteiger partial charge in [0.05, 0.1) is 0 Å². The summed E-state index contributed by atoms with van der Waals surface area (Å²) in [6, 6.07) is 0. The van der Waals surface area contributed by atoms with Gasteiger partial charge in [0.1, 0.15) is 5.60 Å². The van der Waals surface area contributed by atoms with Crippen LogP contribution in [-0.4, -0.2) is 28.9 Å². The van der Waals surface area contributed by atoms with Crippen LogP contribution in [0.3, 0.4) is 0 Å². The third-order valence-electron chi connectivity index (χ3n) is 4.00. The van der Waals surface area contributed by atoms with Gasteiger partial charge in [0.25, 0.3) is 0 Å². The number of nitrogens with one attached hydrogen (secondary N) is 1. The molecule has 0 aromatic heterocycles. The van der Waals surface area contributed by atoms with Gasteiger partial charge >= 0.3 is 0 Å². The maximum atomic E-state index is 12.0. The van der Waals surface area contributed by atoms with E-state index in [-0.39, 0.29) is 17.1 Å². The van der Waals surface area contributed by atoms with Gasteiger partial charge in [-0.05, 0) is 25.7 Å². The molecule has 20 heavy (non-hydrogen) atoms. The second kappa shape index (κ2) is 7.21. The van der Waals surface area contributed by atoms with Crippen LogP contribution in [0.25, 0.3) is 0 Å². The quantitative estimate of drug-likeness (QED) is 0.736. The molecule has 0 heterocycles. The first-order valence-corrected chi connectivity index (χ1v) is 7.80. The first kappa shape index (κ1) is 17.2. The van der Waals surface area contributed by atoms with Gasteiger partial charge in [-0.1, -0.05) is 40.0 Å². The number of ketones is 1. The number of amides is 1. The van der Waals surface area contributed by atoms with E-state index >= 15 is 0 Å². The molecule has 2 N–H and O–H groups in total. The van der Waals surface area contributed by atoms with E-state index in [4.69, 9.17) is 0 Å². The standard InChI is InChI=1S/C16H29NO3/c1-15(2,3)14(19)17-12-8-5-9-13(18)16(20)10-6-4-7-11-16/h20H,4-12H2,1-3H3,(H,17,19). The molecule has 1 rings (SSSR count). The van der Waals surface area contributed by atoms with Crippen LogP contribution in [0.2, 0.25) is 0 Å². The normalized spacial score (nSPS) is 18.6. The van der Waals surface area contributed by atoms with Crippen LogP contribution in [0.4, 0.5) is 0 Å². The van der Waals surface area contributed by atoms with Gasteiger partial charge in [-0.15, -0.1) is 0 Å². The average molecular weight is 283 g/mol. The van der Waals surface area contributed by atoms with Gasteiger partial charge in [-0.2, -0.15) is 0 Å². The van der Waals surface area contributed by atoms with Crippen molar-refractivity contribution in [2.45, 2.75) is 77.7 Å². The third kappa shape index (κ3) is 5.23. The predicted octanol–water partition coefficient (Wildman–Crippen LogP) is 2.58. The van der Waals surface area contributed by atoms with Gasteiger partial charge in [-0.3, -0.25) is 9.59 Å². The number of carbonyl (C=O) groups excluding carboxylic acids is 2. The second-order valence-electron chi connectivity index (χ2n) is 6.98. The molecule has 4 heteroatoms. The van der Waals surface area contributed by atoms with Gasteiger partial charge < -0.3 is 10.4 Å². The van der Waals surface area contributed by atoms with Crippen LogP contribution >= 0.6 is 0 Å². The van der Waals surface area contributed by atoms with Crippen molar-refractivity contribution >= 4 is 11.7 Å². The summed E-state index contributed by atoms with van der Waals surface area (Å²) in [7, 11) is 0. The monoisotopic (exact) mass is 283 g/mol. The van der Waals surface area contributed by atoms with E-state index in [1.807, 2.05) is 20.8 Å². The van der Waals surface area contributed by atoms with Crippen molar-refractivity contribution < 1.29 is 14.7 Å². The zero-order chi connectivity index (χ0) is 15.2. The predicted molar refractivity (Wildman–Crippen MR) is 79.4 cm³/mol. The van der Waals surface area contributed by atoms with Crippen LogP contribution < -0.4 is 5.32 Å². The molecule has 0 radical (unpaired) electrons. The molecule has 0 atom stereocenters. The van der Waals surface area contributed by atoms with E-state index in [0.29, 0.717) is 25.8 Å². The largest absolute Gasteiger partial charge is 0.382 e. The van der Waals surface area contributed by atoms with Crippen molar-refractivity contribution in [3.8, 4) is 0 Å².